The minimum absolute atomic E-state index is 0.297. The Kier molecular flexibility index (Phi) is 5.22. The average Bonchev–Trinajstić information content (AvgIpc) is 2.93. The molecule has 1 aromatic rings. The van der Waals surface area contributed by atoms with Crippen molar-refractivity contribution in [3.63, 3.8) is 0 Å². The van der Waals surface area contributed by atoms with Crippen molar-refractivity contribution in [3.05, 3.63) is 11.7 Å². The molecule has 1 aliphatic carbocycles. The summed E-state index contributed by atoms with van der Waals surface area (Å²) in [5, 5.41) is 3.97. The molecule has 21 heavy (non-hydrogen) atoms. The zero-order chi connectivity index (χ0) is 14.5. The molecule has 6 heteroatoms. The molecule has 2 heterocycles. The van der Waals surface area contributed by atoms with E-state index in [1.165, 1.54) is 19.3 Å². The Morgan fingerprint density at radius 2 is 2.14 bits per heavy atom. The van der Waals surface area contributed by atoms with E-state index in [-0.39, 0.29) is 6.04 Å². The maximum atomic E-state index is 6.04. The first kappa shape index (κ1) is 14.9. The first-order chi connectivity index (χ1) is 10.3. The van der Waals surface area contributed by atoms with Gasteiger partial charge in [0, 0.05) is 13.0 Å². The quantitative estimate of drug-likeness (QED) is 0.829. The second-order valence-corrected chi connectivity index (χ2v) is 6.07. The van der Waals surface area contributed by atoms with Crippen LogP contribution in [0.1, 0.15) is 62.7 Å². The van der Waals surface area contributed by atoms with Crippen LogP contribution < -0.4 is 5.73 Å². The van der Waals surface area contributed by atoms with E-state index in [2.05, 4.69) is 10.1 Å². The van der Waals surface area contributed by atoms with Crippen LogP contribution in [-0.4, -0.2) is 35.6 Å². The fourth-order valence-electron chi connectivity index (χ4n) is 2.69. The Labute approximate surface area is 125 Å². The van der Waals surface area contributed by atoms with Crippen LogP contribution in [0.25, 0.3) is 0 Å². The van der Waals surface area contributed by atoms with Gasteiger partial charge in [0.05, 0.1) is 24.9 Å². The Hall–Kier alpha value is -0.980. The predicted octanol–water partition coefficient (Wildman–Crippen LogP) is 2.14. The molecule has 2 aliphatic rings. The summed E-state index contributed by atoms with van der Waals surface area (Å²) >= 11 is 0. The van der Waals surface area contributed by atoms with Gasteiger partial charge in [0.25, 0.3) is 0 Å². The molecule has 2 unspecified atom stereocenters. The van der Waals surface area contributed by atoms with Crippen LogP contribution in [0, 0.1) is 0 Å². The fraction of sp³-hybridized carbons (Fsp3) is 0.867. The molecule has 1 aliphatic heterocycles. The number of ether oxygens (including phenoxy) is 2. The first-order valence-corrected chi connectivity index (χ1v) is 8.12. The highest BCUT2D eigenvalue weighted by Crippen LogP contribution is 2.23. The van der Waals surface area contributed by atoms with Gasteiger partial charge in [-0.05, 0) is 44.9 Å². The van der Waals surface area contributed by atoms with E-state index in [9.17, 15) is 0 Å². The van der Waals surface area contributed by atoms with Crippen molar-refractivity contribution in [2.75, 3.05) is 13.2 Å². The third kappa shape index (κ3) is 4.25. The van der Waals surface area contributed by atoms with Crippen molar-refractivity contribution in [2.45, 2.75) is 69.6 Å². The van der Waals surface area contributed by atoms with Gasteiger partial charge in [0.15, 0.2) is 5.82 Å². The lowest BCUT2D eigenvalue weighted by Crippen LogP contribution is -2.27. The monoisotopic (exact) mass is 295 g/mol. The molecule has 2 atom stereocenters. The lowest BCUT2D eigenvalue weighted by Gasteiger charge is -2.26. The van der Waals surface area contributed by atoms with E-state index in [0.717, 1.165) is 38.7 Å². The van der Waals surface area contributed by atoms with E-state index in [1.807, 2.05) is 0 Å². The number of nitrogens with two attached hydrogens (primary N) is 1. The largest absolute Gasteiger partial charge is 0.378 e. The van der Waals surface area contributed by atoms with Gasteiger partial charge in [0.2, 0.25) is 5.89 Å². The van der Waals surface area contributed by atoms with Gasteiger partial charge in [0.1, 0.15) is 0 Å². The van der Waals surface area contributed by atoms with Gasteiger partial charge in [-0.25, -0.2) is 0 Å². The molecule has 6 nitrogen and oxygen atoms in total. The number of rotatable bonds is 7. The molecule has 1 saturated carbocycles. The van der Waals surface area contributed by atoms with Crippen LogP contribution in [0.3, 0.4) is 0 Å². The summed E-state index contributed by atoms with van der Waals surface area (Å²) in [4.78, 5) is 4.38. The van der Waals surface area contributed by atoms with Crippen LogP contribution >= 0.6 is 0 Å². The SMILES string of the molecule is NC(COC1CCC1)c1noc(CCC2CCCCO2)n1. The van der Waals surface area contributed by atoms with Gasteiger partial charge < -0.3 is 19.7 Å². The average molecular weight is 295 g/mol. The maximum absolute atomic E-state index is 6.04. The zero-order valence-corrected chi connectivity index (χ0v) is 12.5. The second kappa shape index (κ2) is 7.33. The smallest absolute Gasteiger partial charge is 0.226 e. The predicted molar refractivity (Wildman–Crippen MR) is 76.7 cm³/mol. The van der Waals surface area contributed by atoms with E-state index >= 15 is 0 Å². The van der Waals surface area contributed by atoms with Crippen molar-refractivity contribution in [1.29, 1.82) is 0 Å². The molecule has 0 radical (unpaired) electrons. The lowest BCUT2D eigenvalue weighted by atomic mass is 9.96. The third-order valence-electron chi connectivity index (χ3n) is 4.33. The van der Waals surface area contributed by atoms with Gasteiger partial charge in [-0.2, -0.15) is 4.98 Å². The molecule has 1 aromatic heterocycles. The van der Waals surface area contributed by atoms with Crippen LogP contribution in [0.2, 0.25) is 0 Å². The van der Waals surface area contributed by atoms with Crippen LogP contribution in [0.5, 0.6) is 0 Å². The van der Waals surface area contributed by atoms with Crippen molar-refractivity contribution < 1.29 is 14.0 Å². The highest BCUT2D eigenvalue weighted by Gasteiger charge is 2.22. The summed E-state index contributed by atoms with van der Waals surface area (Å²) in [5.74, 6) is 1.20. The van der Waals surface area contributed by atoms with E-state index < -0.39 is 0 Å². The molecule has 0 aromatic carbocycles. The van der Waals surface area contributed by atoms with Crippen molar-refractivity contribution in [3.8, 4) is 0 Å². The molecule has 2 N–H and O–H groups in total. The molecule has 0 spiro atoms. The van der Waals surface area contributed by atoms with E-state index in [4.69, 9.17) is 19.7 Å². The molecule has 1 saturated heterocycles. The summed E-state index contributed by atoms with van der Waals surface area (Å²) in [6, 6.07) is -0.297. The molecule has 3 rings (SSSR count). The number of aromatic nitrogens is 2. The fourth-order valence-corrected chi connectivity index (χ4v) is 2.69. The Balaban J connectivity index is 1.41. The topological polar surface area (TPSA) is 83.4 Å². The molecule has 2 fully saturated rings. The van der Waals surface area contributed by atoms with E-state index in [1.54, 1.807) is 0 Å². The number of hydrogen-bond acceptors (Lipinski definition) is 6. The van der Waals surface area contributed by atoms with Crippen LogP contribution in [0.15, 0.2) is 4.52 Å². The van der Waals surface area contributed by atoms with Crippen LogP contribution in [-0.2, 0) is 15.9 Å². The Morgan fingerprint density at radius 1 is 1.24 bits per heavy atom. The zero-order valence-electron chi connectivity index (χ0n) is 12.5. The van der Waals surface area contributed by atoms with Crippen molar-refractivity contribution in [2.24, 2.45) is 5.73 Å². The molecule has 0 bridgehead atoms. The first-order valence-electron chi connectivity index (χ1n) is 8.12. The minimum atomic E-state index is -0.297. The van der Waals surface area contributed by atoms with E-state index in [0.29, 0.717) is 30.5 Å². The summed E-state index contributed by atoms with van der Waals surface area (Å²) in [6.45, 7) is 1.35. The Morgan fingerprint density at radius 3 is 2.86 bits per heavy atom. The van der Waals surface area contributed by atoms with Crippen molar-refractivity contribution in [1.82, 2.24) is 10.1 Å². The minimum Gasteiger partial charge on any atom is -0.378 e. The summed E-state index contributed by atoms with van der Waals surface area (Å²) in [6.07, 6.45) is 9.53. The highest BCUT2D eigenvalue weighted by atomic mass is 16.5. The third-order valence-corrected chi connectivity index (χ3v) is 4.33. The molecule has 0 amide bonds. The number of nitrogens with zero attached hydrogens (tertiary/aromatic N) is 2. The van der Waals surface area contributed by atoms with Gasteiger partial charge in [-0.15, -0.1) is 0 Å². The van der Waals surface area contributed by atoms with Crippen molar-refractivity contribution >= 4 is 0 Å². The molecular formula is C15H25N3O3. The highest BCUT2D eigenvalue weighted by molar-refractivity contribution is 4.93. The number of aryl methyl sites for hydroxylation is 1. The van der Waals surface area contributed by atoms with Gasteiger partial charge >= 0.3 is 0 Å². The Bertz CT molecular complexity index is 428. The molecular weight excluding hydrogens is 270 g/mol. The standard InChI is InChI=1S/C15H25N3O3/c16-13(10-20-11-5-3-6-11)15-17-14(21-18-15)8-7-12-4-1-2-9-19-12/h11-13H,1-10,16H2. The van der Waals surface area contributed by atoms with Gasteiger partial charge in [-0.1, -0.05) is 5.16 Å². The van der Waals surface area contributed by atoms with Crippen LogP contribution in [0.4, 0.5) is 0 Å². The second-order valence-electron chi connectivity index (χ2n) is 6.07. The maximum Gasteiger partial charge on any atom is 0.226 e. The summed E-state index contributed by atoms with van der Waals surface area (Å²) < 4.78 is 16.7. The number of hydrogen-bond donors (Lipinski definition) is 1. The summed E-state index contributed by atoms with van der Waals surface area (Å²) in [5.41, 5.74) is 6.04. The molecule has 118 valence electrons. The lowest BCUT2D eigenvalue weighted by molar-refractivity contribution is -0.00549. The summed E-state index contributed by atoms with van der Waals surface area (Å²) in [7, 11) is 0. The normalized spacial score (nSPS) is 24.7. The van der Waals surface area contributed by atoms with Gasteiger partial charge in [-0.3, -0.25) is 0 Å².